The van der Waals surface area contributed by atoms with Gasteiger partial charge in [0, 0.05) is 0 Å². The molecule has 2 rings (SSSR count). The van der Waals surface area contributed by atoms with Crippen molar-refractivity contribution in [1.82, 2.24) is 5.32 Å². The van der Waals surface area contributed by atoms with E-state index in [0.29, 0.717) is 5.75 Å². The highest BCUT2D eigenvalue weighted by molar-refractivity contribution is 5.90. The first-order valence-corrected chi connectivity index (χ1v) is 9.25. The maximum absolute atomic E-state index is 11.6. The maximum atomic E-state index is 11.6. The molecule has 0 spiro atoms. The van der Waals surface area contributed by atoms with E-state index >= 15 is 0 Å². The van der Waals surface area contributed by atoms with Crippen LogP contribution in [0.25, 0.3) is 11.1 Å². The quantitative estimate of drug-likeness (QED) is 0.685. The Bertz CT molecular complexity index is 839. The zero-order chi connectivity index (χ0) is 20.7. The van der Waals surface area contributed by atoms with Crippen molar-refractivity contribution in [3.63, 3.8) is 0 Å². The summed E-state index contributed by atoms with van der Waals surface area (Å²) in [5.74, 6) is -0.590. The molecule has 1 amide bonds. The fourth-order valence-electron chi connectivity index (χ4n) is 2.58. The van der Waals surface area contributed by atoms with Crippen LogP contribution in [0.4, 0.5) is 4.79 Å². The second-order valence-corrected chi connectivity index (χ2v) is 7.38. The first-order chi connectivity index (χ1) is 13.2. The third kappa shape index (κ3) is 6.61. The second-order valence-electron chi connectivity index (χ2n) is 7.38. The van der Waals surface area contributed by atoms with Gasteiger partial charge in [-0.1, -0.05) is 31.2 Å². The van der Waals surface area contributed by atoms with E-state index in [-0.39, 0.29) is 18.7 Å². The Hall–Kier alpha value is -3.02. The lowest BCUT2D eigenvalue weighted by Crippen LogP contribution is -2.34. The summed E-state index contributed by atoms with van der Waals surface area (Å²) in [6, 6.07) is 12.9. The van der Waals surface area contributed by atoms with Gasteiger partial charge in [-0.3, -0.25) is 0 Å². The summed E-state index contributed by atoms with van der Waals surface area (Å²) in [4.78, 5) is 23.1. The number of hydrogen-bond acceptors (Lipinski definition) is 4. The van der Waals surface area contributed by atoms with Gasteiger partial charge >= 0.3 is 12.1 Å². The number of benzene rings is 2. The van der Waals surface area contributed by atoms with Crippen molar-refractivity contribution in [3.05, 3.63) is 53.6 Å². The Labute approximate surface area is 165 Å². The monoisotopic (exact) mass is 385 g/mol. The average Bonchev–Trinajstić information content (AvgIpc) is 2.63. The minimum absolute atomic E-state index is 0.148. The molecule has 28 heavy (non-hydrogen) atoms. The number of rotatable bonds is 7. The third-order valence-electron chi connectivity index (χ3n) is 3.86. The van der Waals surface area contributed by atoms with Gasteiger partial charge < -0.3 is 19.9 Å². The van der Waals surface area contributed by atoms with E-state index in [1.54, 1.807) is 32.9 Å². The minimum Gasteiger partial charge on any atom is -0.492 e. The SMILES string of the molecule is CCc1cccc(-c2cc(OCCNC(=O)OC(C)(C)C)cc(C(=O)O)c2)c1. The van der Waals surface area contributed by atoms with Gasteiger partial charge in [-0.2, -0.15) is 0 Å². The van der Waals surface area contributed by atoms with Crippen molar-refractivity contribution in [3.8, 4) is 16.9 Å². The molecule has 2 N–H and O–H groups in total. The van der Waals surface area contributed by atoms with Crippen molar-refractivity contribution < 1.29 is 24.2 Å². The summed E-state index contributed by atoms with van der Waals surface area (Å²) in [5.41, 5.74) is 2.45. The fraction of sp³-hybridized carbons (Fsp3) is 0.364. The molecule has 0 aromatic heterocycles. The predicted octanol–water partition coefficient (Wildman–Crippen LogP) is 4.52. The molecule has 0 aliphatic heterocycles. The molecule has 0 atom stereocenters. The fourth-order valence-corrected chi connectivity index (χ4v) is 2.58. The standard InChI is InChI=1S/C22H27NO5/c1-5-15-7-6-8-16(11-15)17-12-18(20(24)25)14-19(13-17)27-10-9-23-21(26)28-22(2,3)4/h6-8,11-14H,5,9-10H2,1-4H3,(H,23,26)(H,24,25). The Kier molecular flexibility index (Phi) is 7.04. The summed E-state index contributed by atoms with van der Waals surface area (Å²) in [7, 11) is 0. The van der Waals surface area contributed by atoms with E-state index in [4.69, 9.17) is 9.47 Å². The summed E-state index contributed by atoms with van der Waals surface area (Å²) in [6.45, 7) is 7.86. The molecular weight excluding hydrogens is 358 g/mol. The number of aryl methyl sites for hydroxylation is 1. The molecule has 0 bridgehead atoms. The van der Waals surface area contributed by atoms with Crippen molar-refractivity contribution >= 4 is 12.1 Å². The van der Waals surface area contributed by atoms with E-state index in [1.165, 1.54) is 11.6 Å². The molecule has 0 fully saturated rings. The van der Waals surface area contributed by atoms with E-state index in [1.807, 2.05) is 24.3 Å². The maximum Gasteiger partial charge on any atom is 0.407 e. The molecule has 0 saturated carbocycles. The molecule has 0 radical (unpaired) electrons. The molecule has 150 valence electrons. The molecule has 0 aliphatic rings. The highest BCUT2D eigenvalue weighted by Crippen LogP contribution is 2.27. The van der Waals surface area contributed by atoms with Crippen LogP contribution in [-0.4, -0.2) is 35.9 Å². The zero-order valence-corrected chi connectivity index (χ0v) is 16.7. The van der Waals surface area contributed by atoms with Crippen molar-refractivity contribution in [1.29, 1.82) is 0 Å². The number of ether oxygens (including phenoxy) is 2. The van der Waals surface area contributed by atoms with Crippen LogP contribution in [0.2, 0.25) is 0 Å². The number of hydrogen-bond donors (Lipinski definition) is 2. The van der Waals surface area contributed by atoms with Gasteiger partial charge in [0.25, 0.3) is 0 Å². The van der Waals surface area contributed by atoms with Crippen LogP contribution in [-0.2, 0) is 11.2 Å². The number of amides is 1. The average molecular weight is 385 g/mol. The lowest BCUT2D eigenvalue weighted by molar-refractivity contribution is 0.0520. The summed E-state index contributed by atoms with van der Waals surface area (Å²) >= 11 is 0. The topological polar surface area (TPSA) is 84.9 Å². The van der Waals surface area contributed by atoms with Gasteiger partial charge in [0.2, 0.25) is 0 Å². The minimum atomic E-state index is -1.02. The van der Waals surface area contributed by atoms with Crippen LogP contribution >= 0.6 is 0 Å². The van der Waals surface area contributed by atoms with Gasteiger partial charge in [-0.25, -0.2) is 9.59 Å². The van der Waals surface area contributed by atoms with Crippen LogP contribution in [0, 0.1) is 0 Å². The molecule has 2 aromatic carbocycles. The Morgan fingerprint density at radius 1 is 1.07 bits per heavy atom. The van der Waals surface area contributed by atoms with Crippen molar-refractivity contribution in [2.24, 2.45) is 0 Å². The van der Waals surface area contributed by atoms with Gasteiger partial charge in [0.1, 0.15) is 18.0 Å². The normalized spacial score (nSPS) is 11.0. The number of carbonyl (C=O) groups is 2. The number of alkyl carbamates (subject to hydrolysis) is 1. The Morgan fingerprint density at radius 2 is 1.82 bits per heavy atom. The van der Waals surface area contributed by atoms with E-state index < -0.39 is 17.7 Å². The molecular formula is C22H27NO5. The van der Waals surface area contributed by atoms with Crippen LogP contribution in [0.3, 0.4) is 0 Å². The second kappa shape index (κ2) is 9.26. The number of carbonyl (C=O) groups excluding carboxylic acids is 1. The number of carboxylic acid groups (broad SMARTS) is 1. The highest BCUT2D eigenvalue weighted by Gasteiger charge is 2.15. The van der Waals surface area contributed by atoms with E-state index in [9.17, 15) is 14.7 Å². The van der Waals surface area contributed by atoms with Gasteiger partial charge in [-0.15, -0.1) is 0 Å². The molecule has 6 heteroatoms. The summed E-state index contributed by atoms with van der Waals surface area (Å²) in [6.07, 6.45) is 0.374. The first-order valence-electron chi connectivity index (χ1n) is 9.25. The predicted molar refractivity (Wildman–Crippen MR) is 108 cm³/mol. The van der Waals surface area contributed by atoms with Gasteiger partial charge in [0.15, 0.2) is 0 Å². The molecule has 6 nitrogen and oxygen atoms in total. The first kappa shape index (κ1) is 21.3. The molecule has 0 saturated heterocycles. The largest absolute Gasteiger partial charge is 0.492 e. The molecule has 0 unspecified atom stereocenters. The van der Waals surface area contributed by atoms with Gasteiger partial charge in [0.05, 0.1) is 12.1 Å². The Balaban J connectivity index is 2.08. The molecule has 2 aromatic rings. The molecule has 0 aliphatic carbocycles. The smallest absolute Gasteiger partial charge is 0.407 e. The van der Waals surface area contributed by atoms with E-state index in [2.05, 4.69) is 12.2 Å². The zero-order valence-electron chi connectivity index (χ0n) is 16.7. The summed E-state index contributed by atoms with van der Waals surface area (Å²) < 4.78 is 10.8. The summed E-state index contributed by atoms with van der Waals surface area (Å²) in [5, 5.41) is 12.0. The van der Waals surface area contributed by atoms with Crippen LogP contribution in [0.1, 0.15) is 43.6 Å². The van der Waals surface area contributed by atoms with E-state index in [0.717, 1.165) is 17.5 Å². The van der Waals surface area contributed by atoms with Crippen molar-refractivity contribution in [2.45, 2.75) is 39.7 Å². The third-order valence-corrected chi connectivity index (χ3v) is 3.86. The molecule has 0 heterocycles. The number of nitrogens with one attached hydrogen (secondary N) is 1. The number of aromatic carboxylic acids is 1. The Morgan fingerprint density at radius 3 is 2.46 bits per heavy atom. The number of carboxylic acids is 1. The lowest BCUT2D eigenvalue weighted by Gasteiger charge is -2.19. The lowest BCUT2D eigenvalue weighted by atomic mass is 10.00. The highest BCUT2D eigenvalue weighted by atomic mass is 16.6. The van der Waals surface area contributed by atoms with Crippen molar-refractivity contribution in [2.75, 3.05) is 13.2 Å². The van der Waals surface area contributed by atoms with Crippen LogP contribution in [0.5, 0.6) is 5.75 Å². The van der Waals surface area contributed by atoms with Gasteiger partial charge in [-0.05, 0) is 62.1 Å². The van der Waals surface area contributed by atoms with Crippen LogP contribution < -0.4 is 10.1 Å². The van der Waals surface area contributed by atoms with Crippen LogP contribution in [0.15, 0.2) is 42.5 Å².